The highest BCUT2D eigenvalue weighted by molar-refractivity contribution is 5.94. The van der Waals surface area contributed by atoms with Crippen molar-refractivity contribution in [3.63, 3.8) is 0 Å². The molecule has 1 amide bonds. The van der Waals surface area contributed by atoms with Crippen LogP contribution in [0.4, 0.5) is 0 Å². The predicted octanol–water partition coefficient (Wildman–Crippen LogP) is 3.42. The Balaban J connectivity index is 1.55. The molecule has 2 aliphatic heterocycles. The number of hydrogen-bond acceptors (Lipinski definition) is 4. The summed E-state index contributed by atoms with van der Waals surface area (Å²) in [4.78, 5) is 17.3. The highest BCUT2D eigenvalue weighted by Gasteiger charge is 2.26. The molecule has 1 aromatic carbocycles. The molecule has 0 bridgehead atoms. The molecule has 0 spiro atoms. The van der Waals surface area contributed by atoms with E-state index in [1.807, 2.05) is 29.2 Å². The summed E-state index contributed by atoms with van der Waals surface area (Å²) in [5.74, 6) is 1.04. The molecule has 0 saturated carbocycles. The molecule has 3 rings (SSSR count). The monoisotopic (exact) mass is 388 g/mol. The van der Waals surface area contributed by atoms with Gasteiger partial charge in [-0.25, -0.2) is 0 Å². The van der Waals surface area contributed by atoms with Crippen LogP contribution in [0.5, 0.6) is 5.75 Å². The number of piperidine rings is 2. The van der Waals surface area contributed by atoms with Crippen LogP contribution in [-0.4, -0.2) is 66.2 Å². The Bertz CT molecular complexity index is 647. The van der Waals surface area contributed by atoms with E-state index in [4.69, 9.17) is 4.74 Å². The van der Waals surface area contributed by atoms with Crippen LogP contribution in [0.2, 0.25) is 0 Å². The van der Waals surface area contributed by atoms with E-state index in [-0.39, 0.29) is 24.5 Å². The van der Waals surface area contributed by atoms with Gasteiger partial charge in [0.25, 0.3) is 5.91 Å². The van der Waals surface area contributed by atoms with Crippen LogP contribution < -0.4 is 4.74 Å². The fourth-order valence-electron chi connectivity index (χ4n) is 4.33. The van der Waals surface area contributed by atoms with E-state index in [2.05, 4.69) is 25.7 Å². The standard InChI is InChI=1S/C23H36N2O3/c1-23(2,3)17-24-12-9-20(10-13-24)28-21-8-4-7-19(14-21)22(27)25-11-5-6-18(15-25)16-26/h4,7-8,14,18,20,26H,5-6,9-13,15-17H2,1-3H3. The van der Waals surface area contributed by atoms with Gasteiger partial charge < -0.3 is 19.6 Å². The van der Waals surface area contributed by atoms with Gasteiger partial charge in [0.1, 0.15) is 11.9 Å². The van der Waals surface area contributed by atoms with Crippen molar-refractivity contribution in [2.75, 3.05) is 39.3 Å². The van der Waals surface area contributed by atoms with Gasteiger partial charge in [0, 0.05) is 44.9 Å². The molecular formula is C23H36N2O3. The van der Waals surface area contributed by atoms with Crippen LogP contribution >= 0.6 is 0 Å². The molecule has 0 aromatic heterocycles. The van der Waals surface area contributed by atoms with Crippen molar-refractivity contribution >= 4 is 5.91 Å². The minimum atomic E-state index is 0.0450. The maximum atomic E-state index is 12.9. The molecule has 2 fully saturated rings. The van der Waals surface area contributed by atoms with Gasteiger partial charge in [-0.1, -0.05) is 26.8 Å². The van der Waals surface area contributed by atoms with Crippen molar-refractivity contribution < 1.29 is 14.6 Å². The molecule has 1 atom stereocenters. The van der Waals surface area contributed by atoms with Crippen LogP contribution in [-0.2, 0) is 0 Å². The molecule has 2 heterocycles. The maximum Gasteiger partial charge on any atom is 0.253 e. The zero-order chi connectivity index (χ0) is 20.1. The lowest BCUT2D eigenvalue weighted by Gasteiger charge is -2.36. The number of ether oxygens (including phenoxy) is 1. The fourth-order valence-corrected chi connectivity index (χ4v) is 4.33. The van der Waals surface area contributed by atoms with Gasteiger partial charge in [0.15, 0.2) is 0 Å². The van der Waals surface area contributed by atoms with Crippen molar-refractivity contribution in [1.29, 1.82) is 0 Å². The summed E-state index contributed by atoms with van der Waals surface area (Å²) in [6.45, 7) is 11.7. The van der Waals surface area contributed by atoms with Crippen molar-refractivity contribution in [3.8, 4) is 5.75 Å². The molecule has 0 radical (unpaired) electrons. The van der Waals surface area contributed by atoms with Crippen molar-refractivity contribution in [3.05, 3.63) is 29.8 Å². The number of carbonyl (C=O) groups is 1. The first-order valence-corrected chi connectivity index (χ1v) is 10.7. The molecule has 5 heteroatoms. The van der Waals surface area contributed by atoms with E-state index in [1.54, 1.807) is 0 Å². The Labute approximate surface area is 169 Å². The van der Waals surface area contributed by atoms with Crippen LogP contribution in [0.15, 0.2) is 24.3 Å². The zero-order valence-corrected chi connectivity index (χ0v) is 17.7. The summed E-state index contributed by atoms with van der Waals surface area (Å²) in [7, 11) is 0. The summed E-state index contributed by atoms with van der Waals surface area (Å²) < 4.78 is 6.22. The van der Waals surface area contributed by atoms with Crippen LogP contribution in [0, 0.1) is 11.3 Å². The minimum Gasteiger partial charge on any atom is -0.490 e. The normalized spacial score (nSPS) is 22.3. The molecule has 2 saturated heterocycles. The first-order valence-electron chi connectivity index (χ1n) is 10.7. The molecule has 1 N–H and O–H groups in total. The largest absolute Gasteiger partial charge is 0.490 e. The van der Waals surface area contributed by atoms with Crippen molar-refractivity contribution in [2.24, 2.45) is 11.3 Å². The third-order valence-corrected chi connectivity index (χ3v) is 5.68. The van der Waals surface area contributed by atoms with Gasteiger partial charge >= 0.3 is 0 Å². The second-order valence-electron chi connectivity index (χ2n) is 9.62. The Hall–Kier alpha value is -1.59. The van der Waals surface area contributed by atoms with E-state index >= 15 is 0 Å². The van der Waals surface area contributed by atoms with E-state index in [0.29, 0.717) is 17.5 Å². The molecule has 5 nitrogen and oxygen atoms in total. The number of nitrogens with zero attached hydrogens (tertiary/aromatic N) is 2. The number of hydrogen-bond donors (Lipinski definition) is 1. The SMILES string of the molecule is CC(C)(C)CN1CCC(Oc2cccc(C(=O)N3CCCC(CO)C3)c2)CC1. The highest BCUT2D eigenvalue weighted by Crippen LogP contribution is 2.24. The first-order chi connectivity index (χ1) is 13.3. The minimum absolute atomic E-state index is 0.0450. The van der Waals surface area contributed by atoms with E-state index in [9.17, 15) is 9.90 Å². The van der Waals surface area contributed by atoms with Crippen LogP contribution in [0.3, 0.4) is 0 Å². The van der Waals surface area contributed by atoms with Crippen molar-refractivity contribution in [1.82, 2.24) is 9.80 Å². The molecule has 0 aliphatic carbocycles. The van der Waals surface area contributed by atoms with E-state index in [0.717, 1.165) is 57.6 Å². The fraction of sp³-hybridized carbons (Fsp3) is 0.696. The number of likely N-dealkylation sites (tertiary alicyclic amines) is 2. The van der Waals surface area contributed by atoms with Crippen LogP contribution in [0.25, 0.3) is 0 Å². The number of aliphatic hydroxyl groups is 1. The molecule has 28 heavy (non-hydrogen) atoms. The summed E-state index contributed by atoms with van der Waals surface area (Å²) >= 11 is 0. The number of benzene rings is 1. The quantitative estimate of drug-likeness (QED) is 0.840. The van der Waals surface area contributed by atoms with Crippen molar-refractivity contribution in [2.45, 2.75) is 52.6 Å². The summed E-state index contributed by atoms with van der Waals surface area (Å²) in [6.07, 6.45) is 4.23. The second-order valence-corrected chi connectivity index (χ2v) is 9.62. The Morgan fingerprint density at radius 2 is 1.93 bits per heavy atom. The number of carbonyl (C=O) groups excluding carboxylic acids is 1. The lowest BCUT2D eigenvalue weighted by molar-refractivity contribution is 0.0618. The number of aliphatic hydroxyl groups excluding tert-OH is 1. The lowest BCUT2D eigenvalue weighted by atomic mass is 9.94. The summed E-state index contributed by atoms with van der Waals surface area (Å²) in [6, 6.07) is 7.60. The number of amides is 1. The Morgan fingerprint density at radius 3 is 2.61 bits per heavy atom. The molecule has 1 unspecified atom stereocenters. The average molecular weight is 389 g/mol. The van der Waals surface area contributed by atoms with E-state index < -0.39 is 0 Å². The first kappa shape index (κ1) is 21.1. The predicted molar refractivity (Wildman–Crippen MR) is 112 cm³/mol. The Morgan fingerprint density at radius 1 is 1.18 bits per heavy atom. The van der Waals surface area contributed by atoms with Gasteiger partial charge in [-0.05, 0) is 55.2 Å². The lowest BCUT2D eigenvalue weighted by Crippen LogP contribution is -2.42. The second kappa shape index (κ2) is 9.27. The van der Waals surface area contributed by atoms with Gasteiger partial charge in [-0.3, -0.25) is 4.79 Å². The topological polar surface area (TPSA) is 53.0 Å². The van der Waals surface area contributed by atoms with Crippen LogP contribution in [0.1, 0.15) is 56.8 Å². The van der Waals surface area contributed by atoms with Gasteiger partial charge in [-0.2, -0.15) is 0 Å². The molecule has 2 aliphatic rings. The number of rotatable bonds is 5. The van der Waals surface area contributed by atoms with Gasteiger partial charge in [-0.15, -0.1) is 0 Å². The zero-order valence-electron chi connectivity index (χ0n) is 17.7. The third-order valence-electron chi connectivity index (χ3n) is 5.68. The van der Waals surface area contributed by atoms with Gasteiger partial charge in [0.2, 0.25) is 0 Å². The molecule has 156 valence electrons. The maximum absolute atomic E-state index is 12.9. The highest BCUT2D eigenvalue weighted by atomic mass is 16.5. The van der Waals surface area contributed by atoms with E-state index in [1.165, 1.54) is 0 Å². The average Bonchev–Trinajstić information content (AvgIpc) is 2.68. The molecular weight excluding hydrogens is 352 g/mol. The third kappa shape index (κ3) is 5.95. The summed E-state index contributed by atoms with van der Waals surface area (Å²) in [5.41, 5.74) is 1.01. The summed E-state index contributed by atoms with van der Waals surface area (Å²) in [5, 5.41) is 9.41. The molecule has 1 aromatic rings. The smallest absolute Gasteiger partial charge is 0.253 e. The van der Waals surface area contributed by atoms with Gasteiger partial charge in [0.05, 0.1) is 0 Å². The Kier molecular flexibility index (Phi) is 7.00.